The lowest BCUT2D eigenvalue weighted by Crippen LogP contribution is -2.39. The second-order valence-electron chi connectivity index (χ2n) is 10.4. The summed E-state index contributed by atoms with van der Waals surface area (Å²) in [5, 5.41) is 29.3. The van der Waals surface area contributed by atoms with Crippen molar-refractivity contribution in [3.8, 4) is 17.4 Å². The number of amides is 1. The van der Waals surface area contributed by atoms with E-state index in [1.807, 2.05) is 19.1 Å². The normalized spacial score (nSPS) is 23.5. The van der Waals surface area contributed by atoms with Crippen LogP contribution in [0.4, 0.5) is 4.79 Å². The van der Waals surface area contributed by atoms with Gasteiger partial charge in [0, 0.05) is 30.5 Å². The summed E-state index contributed by atoms with van der Waals surface area (Å²) in [6.45, 7) is 6.42. The minimum Gasteiger partial charge on any atom is -0.496 e. The van der Waals surface area contributed by atoms with Gasteiger partial charge in [-0.1, -0.05) is 13.8 Å². The van der Waals surface area contributed by atoms with Crippen molar-refractivity contribution in [2.75, 3.05) is 26.9 Å². The summed E-state index contributed by atoms with van der Waals surface area (Å²) in [7, 11) is 1.62. The summed E-state index contributed by atoms with van der Waals surface area (Å²) in [6, 6.07) is 4.36. The molecule has 10 heteroatoms. The maximum atomic E-state index is 11.6. The molecule has 1 aliphatic heterocycles. The molecule has 1 aliphatic carbocycles. The van der Waals surface area contributed by atoms with E-state index in [4.69, 9.17) is 14.2 Å². The number of methoxy groups -OCH3 is 1. The van der Waals surface area contributed by atoms with Gasteiger partial charge in [-0.3, -0.25) is 4.90 Å². The van der Waals surface area contributed by atoms with E-state index in [1.54, 1.807) is 13.2 Å². The summed E-state index contributed by atoms with van der Waals surface area (Å²) in [6.07, 6.45) is -0.00122. The van der Waals surface area contributed by atoms with E-state index in [0.29, 0.717) is 35.4 Å². The highest BCUT2D eigenvalue weighted by Gasteiger charge is 2.44. The molecular weight excluding hydrogens is 468 g/mol. The third kappa shape index (κ3) is 5.28. The predicted octanol–water partition coefficient (Wildman–Crippen LogP) is 3.74. The van der Waals surface area contributed by atoms with E-state index in [1.165, 1.54) is 0 Å². The Kier molecular flexibility index (Phi) is 7.17. The molecule has 36 heavy (non-hydrogen) atoms. The summed E-state index contributed by atoms with van der Waals surface area (Å²) in [4.78, 5) is 28.6. The van der Waals surface area contributed by atoms with Gasteiger partial charge in [0.2, 0.25) is 5.88 Å². The number of carboxylic acid groups (broad SMARTS) is 2. The molecule has 1 aromatic carbocycles. The van der Waals surface area contributed by atoms with Crippen LogP contribution in [0.5, 0.6) is 17.4 Å². The van der Waals surface area contributed by atoms with E-state index in [9.17, 15) is 24.9 Å². The first-order chi connectivity index (χ1) is 17.1. The largest absolute Gasteiger partial charge is 0.496 e. The molecule has 1 saturated heterocycles. The minimum atomic E-state index is -1.29. The summed E-state index contributed by atoms with van der Waals surface area (Å²) < 4.78 is 17.6. The van der Waals surface area contributed by atoms with Crippen molar-refractivity contribution in [1.82, 2.24) is 9.88 Å². The Hall–Kier alpha value is -3.27. The van der Waals surface area contributed by atoms with Crippen LogP contribution in [-0.2, 0) is 4.79 Å². The summed E-state index contributed by atoms with van der Waals surface area (Å²) in [5.41, 5.74) is 1.47. The zero-order valence-electron chi connectivity index (χ0n) is 21.1. The lowest BCUT2D eigenvalue weighted by molar-refractivity contribution is -0.141. The fourth-order valence-corrected chi connectivity index (χ4v) is 5.14. The van der Waals surface area contributed by atoms with Crippen LogP contribution in [-0.4, -0.2) is 76.3 Å². The van der Waals surface area contributed by atoms with Crippen LogP contribution < -0.4 is 14.2 Å². The zero-order valence-corrected chi connectivity index (χ0v) is 21.1. The smallest absolute Gasteiger partial charge is 0.408 e. The monoisotopic (exact) mass is 502 g/mol. The first kappa shape index (κ1) is 25.8. The Morgan fingerprint density at radius 3 is 2.50 bits per heavy atom. The maximum absolute atomic E-state index is 11.6. The average molecular weight is 503 g/mol. The molecule has 2 aromatic rings. The van der Waals surface area contributed by atoms with Crippen LogP contribution in [0.1, 0.15) is 51.5 Å². The van der Waals surface area contributed by atoms with Gasteiger partial charge in [0.15, 0.2) is 0 Å². The highest BCUT2D eigenvalue weighted by atomic mass is 16.5. The van der Waals surface area contributed by atoms with Gasteiger partial charge < -0.3 is 29.5 Å². The fourth-order valence-electron chi connectivity index (χ4n) is 5.14. The maximum Gasteiger partial charge on any atom is 0.408 e. The number of aliphatic hydroxyl groups is 1. The Bertz CT molecular complexity index is 1130. The van der Waals surface area contributed by atoms with Gasteiger partial charge in [-0.25, -0.2) is 14.6 Å². The van der Waals surface area contributed by atoms with E-state index >= 15 is 0 Å². The van der Waals surface area contributed by atoms with Crippen LogP contribution >= 0.6 is 0 Å². The Morgan fingerprint density at radius 1 is 1.17 bits per heavy atom. The van der Waals surface area contributed by atoms with E-state index in [-0.39, 0.29) is 30.9 Å². The Morgan fingerprint density at radius 2 is 1.92 bits per heavy atom. The third-order valence-electron chi connectivity index (χ3n) is 7.04. The number of nitrogens with zero attached hydrogens (tertiary/aromatic N) is 2. The SMILES string of the molecule is CCOc1cc(O[C@@H]2C[C@@H](C(=O)O)N(C(=O)O)C2)c2cc(C3CC3CC(C)(C)CO)c(OC)cc2n1. The molecule has 1 aromatic heterocycles. The van der Waals surface area contributed by atoms with Gasteiger partial charge in [0.25, 0.3) is 0 Å². The number of aliphatic carboxylic acids is 1. The number of aromatic nitrogens is 1. The molecule has 196 valence electrons. The van der Waals surface area contributed by atoms with Crippen LogP contribution in [0.2, 0.25) is 0 Å². The highest BCUT2D eigenvalue weighted by molar-refractivity contribution is 5.88. The minimum absolute atomic E-state index is 0.0410. The number of carboxylic acids is 1. The standard InChI is InChI=1S/C26H34N2O8/c1-5-35-23-10-22(36-15-7-20(24(30)31)28(12-15)25(32)33)18-8-17(21(34-4)9-19(18)27-23)16-6-14(16)11-26(2,3)13-29/h8-10,14-16,20,29H,5-7,11-13H2,1-4H3,(H,30,31)(H,32,33)/t14?,15-,16?,20+/m1/s1. The number of rotatable bonds is 10. The van der Waals surface area contributed by atoms with Crippen molar-refractivity contribution in [2.45, 2.75) is 58.1 Å². The summed E-state index contributed by atoms with van der Waals surface area (Å²) in [5.74, 6) is 1.03. The van der Waals surface area contributed by atoms with Crippen molar-refractivity contribution in [3.05, 3.63) is 23.8 Å². The molecule has 0 radical (unpaired) electrons. The molecule has 1 saturated carbocycles. The second-order valence-corrected chi connectivity index (χ2v) is 10.4. The zero-order chi connectivity index (χ0) is 26.2. The number of likely N-dealkylation sites (tertiary alicyclic amines) is 1. The fraction of sp³-hybridized carbons (Fsp3) is 0.577. The molecule has 3 N–H and O–H groups in total. The molecule has 10 nitrogen and oxygen atoms in total. The van der Waals surface area contributed by atoms with Crippen LogP contribution in [0.3, 0.4) is 0 Å². The Labute approximate surface area is 209 Å². The van der Waals surface area contributed by atoms with Crippen molar-refractivity contribution < 1.29 is 39.1 Å². The number of pyridine rings is 1. The number of fused-ring (bicyclic) bond motifs is 1. The van der Waals surface area contributed by atoms with Gasteiger partial charge in [0.1, 0.15) is 23.6 Å². The van der Waals surface area contributed by atoms with Crippen LogP contribution in [0.15, 0.2) is 18.2 Å². The lowest BCUT2D eigenvalue weighted by atomic mass is 9.87. The molecule has 2 fully saturated rings. The average Bonchev–Trinajstić information content (AvgIpc) is 3.42. The molecule has 4 atom stereocenters. The van der Waals surface area contributed by atoms with E-state index < -0.39 is 24.2 Å². The number of hydrogen-bond acceptors (Lipinski definition) is 7. The molecular formula is C26H34N2O8. The first-order valence-corrected chi connectivity index (χ1v) is 12.2. The predicted molar refractivity (Wildman–Crippen MR) is 131 cm³/mol. The van der Waals surface area contributed by atoms with E-state index in [0.717, 1.165) is 28.7 Å². The number of aliphatic hydroxyl groups excluding tert-OH is 1. The number of hydrogen-bond donors (Lipinski definition) is 3. The molecule has 1 amide bonds. The number of carbonyl (C=O) groups is 2. The molecule has 4 rings (SSSR count). The first-order valence-electron chi connectivity index (χ1n) is 12.2. The molecule has 0 bridgehead atoms. The van der Waals surface area contributed by atoms with Crippen molar-refractivity contribution >= 4 is 23.0 Å². The Balaban J connectivity index is 1.69. The second kappa shape index (κ2) is 10.0. The highest BCUT2D eigenvalue weighted by Crippen LogP contribution is 2.55. The van der Waals surface area contributed by atoms with Crippen molar-refractivity contribution in [2.24, 2.45) is 11.3 Å². The van der Waals surface area contributed by atoms with Crippen LogP contribution in [0, 0.1) is 11.3 Å². The number of benzene rings is 1. The van der Waals surface area contributed by atoms with Crippen LogP contribution in [0.25, 0.3) is 10.9 Å². The van der Waals surface area contributed by atoms with Crippen molar-refractivity contribution in [1.29, 1.82) is 0 Å². The molecule has 2 aliphatic rings. The van der Waals surface area contributed by atoms with Gasteiger partial charge in [-0.05, 0) is 48.6 Å². The number of ether oxygens (including phenoxy) is 3. The van der Waals surface area contributed by atoms with Crippen molar-refractivity contribution in [3.63, 3.8) is 0 Å². The lowest BCUT2D eigenvalue weighted by Gasteiger charge is -2.21. The molecule has 0 spiro atoms. The summed E-state index contributed by atoms with van der Waals surface area (Å²) >= 11 is 0. The quantitative estimate of drug-likeness (QED) is 0.443. The molecule has 2 unspecified atom stereocenters. The van der Waals surface area contributed by atoms with Gasteiger partial charge >= 0.3 is 12.1 Å². The topological polar surface area (TPSA) is 139 Å². The van der Waals surface area contributed by atoms with Gasteiger partial charge in [0.05, 0.1) is 25.8 Å². The van der Waals surface area contributed by atoms with Gasteiger partial charge in [-0.15, -0.1) is 0 Å². The van der Waals surface area contributed by atoms with E-state index in [2.05, 4.69) is 18.8 Å². The van der Waals surface area contributed by atoms with Gasteiger partial charge in [-0.2, -0.15) is 0 Å². The third-order valence-corrected chi connectivity index (χ3v) is 7.04. The molecule has 2 heterocycles.